The zero-order chi connectivity index (χ0) is 19.2. The molecule has 0 saturated carbocycles. The molecule has 1 fully saturated rings. The highest BCUT2D eigenvalue weighted by atomic mass is 35.5. The molecule has 2 aliphatic rings. The number of benzene rings is 2. The lowest BCUT2D eigenvalue weighted by Crippen LogP contribution is -2.31. The van der Waals surface area contributed by atoms with E-state index in [0.29, 0.717) is 30.6 Å². The number of fused-ring (bicyclic) bond motifs is 1. The molecule has 1 amide bonds. The van der Waals surface area contributed by atoms with Crippen LogP contribution < -0.4 is 10.1 Å². The van der Waals surface area contributed by atoms with Gasteiger partial charge in [-0.05, 0) is 36.6 Å². The molecule has 27 heavy (non-hydrogen) atoms. The Morgan fingerprint density at radius 2 is 2.07 bits per heavy atom. The summed E-state index contributed by atoms with van der Waals surface area (Å²) in [5.41, 5.74) is 0.937. The Morgan fingerprint density at radius 3 is 2.85 bits per heavy atom. The molecule has 1 saturated heterocycles. The number of hydrogen-bond acceptors (Lipinski definition) is 4. The first kappa shape index (κ1) is 18.2. The summed E-state index contributed by atoms with van der Waals surface area (Å²) in [4.78, 5) is 11.3. The summed E-state index contributed by atoms with van der Waals surface area (Å²) in [6.07, 6.45) is 1.26. The second kappa shape index (κ2) is 6.78. The van der Waals surface area contributed by atoms with E-state index in [1.54, 1.807) is 12.1 Å². The zero-order valence-corrected chi connectivity index (χ0v) is 15.7. The summed E-state index contributed by atoms with van der Waals surface area (Å²) in [6, 6.07) is 8.19. The molecule has 0 aromatic heterocycles. The predicted octanol–water partition coefficient (Wildman–Crippen LogP) is 3.34. The Bertz CT molecular complexity index is 1030. The Hall–Kier alpha value is -2.16. The van der Waals surface area contributed by atoms with Crippen LogP contribution in [-0.2, 0) is 14.8 Å². The van der Waals surface area contributed by atoms with Gasteiger partial charge in [-0.2, -0.15) is 4.31 Å². The zero-order valence-electron chi connectivity index (χ0n) is 14.1. The van der Waals surface area contributed by atoms with Crippen LogP contribution in [0.15, 0.2) is 41.3 Å². The van der Waals surface area contributed by atoms with Crippen LogP contribution >= 0.6 is 11.6 Å². The van der Waals surface area contributed by atoms with Crippen molar-refractivity contribution in [3.63, 3.8) is 0 Å². The van der Waals surface area contributed by atoms with Crippen LogP contribution in [0.1, 0.15) is 24.4 Å². The highest BCUT2D eigenvalue weighted by Gasteiger charge is 2.38. The number of amides is 1. The third kappa shape index (κ3) is 3.28. The van der Waals surface area contributed by atoms with Crippen LogP contribution in [0.3, 0.4) is 0 Å². The van der Waals surface area contributed by atoms with Gasteiger partial charge < -0.3 is 10.1 Å². The number of rotatable bonds is 3. The van der Waals surface area contributed by atoms with E-state index < -0.39 is 21.9 Å². The highest BCUT2D eigenvalue weighted by Crippen LogP contribution is 2.41. The summed E-state index contributed by atoms with van der Waals surface area (Å²) in [5, 5.41) is 2.58. The van der Waals surface area contributed by atoms with E-state index in [0.717, 1.165) is 0 Å². The average Bonchev–Trinajstić information content (AvgIpc) is 3.11. The van der Waals surface area contributed by atoms with E-state index in [1.165, 1.54) is 28.6 Å². The quantitative estimate of drug-likeness (QED) is 0.842. The number of ether oxygens (including phenoxy) is 1. The lowest BCUT2D eigenvalue weighted by atomic mass is 10.1. The number of hydrogen-bond donors (Lipinski definition) is 1. The predicted molar refractivity (Wildman–Crippen MR) is 97.8 cm³/mol. The number of carbonyl (C=O) groups excluding carboxylic acids is 1. The van der Waals surface area contributed by atoms with Crippen molar-refractivity contribution in [3.05, 3.63) is 52.8 Å². The highest BCUT2D eigenvalue weighted by molar-refractivity contribution is 7.89. The minimum absolute atomic E-state index is 0.00978. The molecule has 1 N–H and O–H groups in total. The summed E-state index contributed by atoms with van der Waals surface area (Å²) in [5.74, 6) is -0.494. The van der Waals surface area contributed by atoms with E-state index in [4.69, 9.17) is 16.3 Å². The largest absolute Gasteiger partial charge is 0.482 e. The van der Waals surface area contributed by atoms with Crippen LogP contribution in [0.25, 0.3) is 0 Å². The van der Waals surface area contributed by atoms with Crippen molar-refractivity contribution in [3.8, 4) is 5.75 Å². The molecule has 142 valence electrons. The van der Waals surface area contributed by atoms with E-state index in [-0.39, 0.29) is 28.2 Å². The lowest BCUT2D eigenvalue weighted by molar-refractivity contribution is -0.118. The summed E-state index contributed by atoms with van der Waals surface area (Å²) >= 11 is 6.22. The van der Waals surface area contributed by atoms with Crippen LogP contribution in [0.4, 0.5) is 10.1 Å². The monoisotopic (exact) mass is 410 g/mol. The number of sulfonamides is 1. The first-order valence-corrected chi connectivity index (χ1v) is 10.2. The second-order valence-electron chi connectivity index (χ2n) is 6.44. The molecule has 1 atom stereocenters. The number of nitrogens with one attached hydrogen (secondary N) is 1. The molecule has 2 aromatic carbocycles. The van der Waals surface area contributed by atoms with Gasteiger partial charge in [0.25, 0.3) is 5.91 Å². The molecular weight excluding hydrogens is 395 g/mol. The molecule has 2 heterocycles. The summed E-state index contributed by atoms with van der Waals surface area (Å²) in [7, 11) is -3.94. The molecule has 6 nitrogen and oxygen atoms in total. The Labute approximate surface area is 160 Å². The Morgan fingerprint density at radius 1 is 1.26 bits per heavy atom. The summed E-state index contributed by atoms with van der Waals surface area (Å²) < 4.78 is 46.8. The van der Waals surface area contributed by atoms with Gasteiger partial charge >= 0.3 is 0 Å². The smallest absolute Gasteiger partial charge is 0.262 e. The fourth-order valence-electron chi connectivity index (χ4n) is 3.48. The van der Waals surface area contributed by atoms with E-state index in [1.807, 2.05) is 0 Å². The first-order chi connectivity index (χ1) is 12.9. The molecule has 9 heteroatoms. The lowest BCUT2D eigenvalue weighted by Gasteiger charge is -2.26. The van der Waals surface area contributed by atoms with Crippen molar-refractivity contribution in [2.45, 2.75) is 23.8 Å². The van der Waals surface area contributed by atoms with Gasteiger partial charge in [0, 0.05) is 12.6 Å². The molecule has 4 rings (SSSR count). The molecule has 0 aliphatic carbocycles. The fourth-order valence-corrected chi connectivity index (χ4v) is 5.68. The van der Waals surface area contributed by atoms with Crippen LogP contribution in [-0.4, -0.2) is 31.8 Å². The number of nitrogens with zero attached hydrogens (tertiary/aromatic N) is 1. The first-order valence-electron chi connectivity index (χ1n) is 8.40. The van der Waals surface area contributed by atoms with E-state index in [9.17, 15) is 17.6 Å². The number of anilines is 1. The second-order valence-corrected chi connectivity index (χ2v) is 8.71. The molecular formula is C18H16ClFN2O4S. The topological polar surface area (TPSA) is 75.7 Å². The normalized spacial score (nSPS) is 20.1. The maximum Gasteiger partial charge on any atom is 0.262 e. The molecule has 2 aromatic rings. The van der Waals surface area contributed by atoms with Crippen LogP contribution in [0, 0.1) is 5.82 Å². The van der Waals surface area contributed by atoms with Gasteiger partial charge in [0.2, 0.25) is 10.0 Å². The van der Waals surface area contributed by atoms with Crippen LogP contribution in [0.2, 0.25) is 5.02 Å². The van der Waals surface area contributed by atoms with Crippen molar-refractivity contribution in [2.24, 2.45) is 0 Å². The average molecular weight is 411 g/mol. The SMILES string of the molecule is O=C1COc2cc(S(=O)(=O)N3CCC[C@H]3c3cccc(F)c3)c(Cl)cc2N1. The molecule has 0 spiro atoms. The molecule has 0 radical (unpaired) electrons. The Kier molecular flexibility index (Phi) is 4.57. The van der Waals surface area contributed by atoms with Gasteiger partial charge in [-0.1, -0.05) is 23.7 Å². The standard InChI is InChI=1S/C18H16ClFN2O4S/c19-13-8-14-16(26-10-18(23)21-14)9-17(13)27(24,25)22-6-2-5-15(22)11-3-1-4-12(20)7-11/h1,3-4,7-9,15H,2,5-6,10H2,(H,21,23)/t15-/m0/s1. The van der Waals surface area contributed by atoms with Gasteiger partial charge in [0.15, 0.2) is 6.61 Å². The minimum atomic E-state index is -3.94. The van der Waals surface area contributed by atoms with Gasteiger partial charge in [0.1, 0.15) is 16.5 Å². The maximum atomic E-state index is 13.6. The van der Waals surface area contributed by atoms with Gasteiger partial charge in [-0.3, -0.25) is 4.79 Å². The third-order valence-corrected chi connectivity index (χ3v) is 7.06. The fraction of sp³-hybridized carbons (Fsp3) is 0.278. The number of halogens is 2. The van der Waals surface area contributed by atoms with Crippen LogP contribution in [0.5, 0.6) is 5.75 Å². The van der Waals surface area contributed by atoms with Crippen molar-refractivity contribution >= 4 is 33.2 Å². The minimum Gasteiger partial charge on any atom is -0.482 e. The van der Waals surface area contributed by atoms with Gasteiger partial charge in [-0.25, -0.2) is 12.8 Å². The van der Waals surface area contributed by atoms with E-state index in [2.05, 4.69) is 5.32 Å². The van der Waals surface area contributed by atoms with Crippen molar-refractivity contribution in [2.75, 3.05) is 18.5 Å². The van der Waals surface area contributed by atoms with E-state index >= 15 is 0 Å². The maximum absolute atomic E-state index is 13.6. The summed E-state index contributed by atoms with van der Waals surface area (Å²) in [6.45, 7) is 0.123. The van der Waals surface area contributed by atoms with Crippen molar-refractivity contribution in [1.82, 2.24) is 4.31 Å². The third-order valence-electron chi connectivity index (χ3n) is 4.69. The van der Waals surface area contributed by atoms with Crippen molar-refractivity contribution < 1.29 is 22.3 Å². The molecule has 2 aliphatic heterocycles. The molecule has 0 unspecified atom stereocenters. The van der Waals surface area contributed by atoms with Gasteiger partial charge in [0.05, 0.1) is 16.8 Å². The molecule has 0 bridgehead atoms. The number of carbonyl (C=O) groups is 1. The van der Waals surface area contributed by atoms with Crippen molar-refractivity contribution in [1.29, 1.82) is 0 Å². The van der Waals surface area contributed by atoms with Gasteiger partial charge in [-0.15, -0.1) is 0 Å². The Balaban J connectivity index is 1.74.